The van der Waals surface area contributed by atoms with E-state index in [9.17, 15) is 9.18 Å². The van der Waals surface area contributed by atoms with Crippen LogP contribution in [0, 0.1) is 11.7 Å². The Hall–Kier alpha value is -3.22. The number of benzene rings is 2. The number of hydrogen-bond acceptors (Lipinski definition) is 5. The largest absolute Gasteiger partial charge is 0.369 e. The van der Waals surface area contributed by atoms with Crippen LogP contribution in [0.3, 0.4) is 0 Å². The van der Waals surface area contributed by atoms with Gasteiger partial charge in [-0.05, 0) is 42.7 Å². The van der Waals surface area contributed by atoms with E-state index >= 15 is 0 Å². The molecule has 0 aliphatic carbocycles. The van der Waals surface area contributed by atoms with E-state index in [0.717, 1.165) is 22.3 Å². The monoisotopic (exact) mass is 379 g/mol. The highest BCUT2D eigenvalue weighted by Crippen LogP contribution is 2.26. The van der Waals surface area contributed by atoms with E-state index in [4.69, 9.17) is 15.7 Å². The molecule has 0 spiro atoms. The average molecular weight is 379 g/mol. The molecule has 6 nitrogen and oxygen atoms in total. The van der Waals surface area contributed by atoms with Crippen molar-refractivity contribution in [2.24, 2.45) is 11.7 Å². The van der Waals surface area contributed by atoms with Gasteiger partial charge in [0.15, 0.2) is 0 Å². The van der Waals surface area contributed by atoms with Crippen LogP contribution in [-0.4, -0.2) is 29.0 Å². The number of halogens is 1. The predicted octanol–water partition coefficient (Wildman–Crippen LogP) is 3.08. The summed E-state index contributed by atoms with van der Waals surface area (Å²) in [6.07, 6.45) is 1.42. The lowest BCUT2D eigenvalue weighted by molar-refractivity contribution is -0.122. The van der Waals surface area contributed by atoms with Crippen LogP contribution in [0.25, 0.3) is 10.9 Å². The quantitative estimate of drug-likeness (QED) is 0.712. The molecule has 2 aromatic carbocycles. The van der Waals surface area contributed by atoms with E-state index in [0.29, 0.717) is 38.4 Å². The molecule has 0 saturated carbocycles. The highest BCUT2D eigenvalue weighted by molar-refractivity contribution is 5.90. The highest BCUT2D eigenvalue weighted by atomic mass is 19.1. The van der Waals surface area contributed by atoms with Crippen LogP contribution in [0.2, 0.25) is 0 Å². The van der Waals surface area contributed by atoms with Crippen LogP contribution in [0.15, 0.2) is 48.5 Å². The molecule has 7 heteroatoms. The number of fused-ring (bicyclic) bond motifs is 1. The lowest BCUT2D eigenvalue weighted by atomic mass is 9.96. The maximum Gasteiger partial charge on any atom is 0.227 e. The molecule has 0 bridgehead atoms. The molecule has 144 valence electrons. The molecule has 1 aliphatic rings. The number of nitrogens with one attached hydrogen (secondary N) is 1. The molecule has 3 N–H and O–H groups in total. The van der Waals surface area contributed by atoms with Crippen molar-refractivity contribution in [2.75, 3.05) is 23.3 Å². The minimum Gasteiger partial charge on any atom is -0.369 e. The number of piperidine rings is 1. The molecular formula is C21H22FN5O. The first-order valence-corrected chi connectivity index (χ1v) is 9.39. The molecule has 4 rings (SSSR count). The summed E-state index contributed by atoms with van der Waals surface area (Å²) in [7, 11) is 0. The van der Waals surface area contributed by atoms with Gasteiger partial charge in [0.25, 0.3) is 0 Å². The van der Waals surface area contributed by atoms with Gasteiger partial charge in [-0.15, -0.1) is 0 Å². The Bertz CT molecular complexity index is 984. The molecule has 0 unspecified atom stereocenters. The zero-order chi connectivity index (χ0) is 19.5. The Morgan fingerprint density at radius 2 is 1.82 bits per heavy atom. The van der Waals surface area contributed by atoms with E-state index in [1.165, 1.54) is 12.1 Å². The highest BCUT2D eigenvalue weighted by Gasteiger charge is 2.25. The number of nitrogens with two attached hydrogens (primary N) is 1. The Balaban J connectivity index is 1.58. The third-order valence-electron chi connectivity index (χ3n) is 5.14. The van der Waals surface area contributed by atoms with Gasteiger partial charge in [-0.2, -0.15) is 4.98 Å². The number of aromatic nitrogens is 2. The molecule has 28 heavy (non-hydrogen) atoms. The van der Waals surface area contributed by atoms with Gasteiger partial charge in [0.2, 0.25) is 11.9 Å². The Morgan fingerprint density at radius 3 is 2.54 bits per heavy atom. The second-order valence-corrected chi connectivity index (χ2v) is 7.03. The van der Waals surface area contributed by atoms with E-state index in [1.807, 2.05) is 24.3 Å². The Kier molecular flexibility index (Phi) is 5.06. The number of rotatable bonds is 5. The summed E-state index contributed by atoms with van der Waals surface area (Å²) in [5.41, 5.74) is 7.25. The van der Waals surface area contributed by atoms with Crippen LogP contribution >= 0.6 is 0 Å². The predicted molar refractivity (Wildman–Crippen MR) is 107 cm³/mol. The summed E-state index contributed by atoms with van der Waals surface area (Å²) < 4.78 is 13.1. The van der Waals surface area contributed by atoms with Gasteiger partial charge in [0.1, 0.15) is 11.6 Å². The smallest absolute Gasteiger partial charge is 0.227 e. The fourth-order valence-corrected chi connectivity index (χ4v) is 3.49. The van der Waals surface area contributed by atoms with Crippen molar-refractivity contribution < 1.29 is 9.18 Å². The zero-order valence-electron chi connectivity index (χ0n) is 15.4. The molecule has 1 aromatic heterocycles. The topological polar surface area (TPSA) is 84.1 Å². The van der Waals surface area contributed by atoms with E-state index in [1.54, 1.807) is 12.1 Å². The minimum atomic E-state index is -0.252. The SMILES string of the molecule is NC(=O)C1CCN(c2nc(NCc3ccc(F)cc3)c3ccccc3n2)CC1. The van der Waals surface area contributed by atoms with Gasteiger partial charge in [-0.25, -0.2) is 9.37 Å². The maximum atomic E-state index is 13.1. The summed E-state index contributed by atoms with van der Waals surface area (Å²) >= 11 is 0. The van der Waals surface area contributed by atoms with Crippen LogP contribution in [0.1, 0.15) is 18.4 Å². The second kappa shape index (κ2) is 7.80. The van der Waals surface area contributed by atoms with Crippen molar-refractivity contribution in [3.8, 4) is 0 Å². The number of hydrogen-bond donors (Lipinski definition) is 2. The molecular weight excluding hydrogens is 357 g/mol. The first-order valence-electron chi connectivity index (χ1n) is 9.39. The van der Waals surface area contributed by atoms with Gasteiger partial charge in [-0.3, -0.25) is 4.79 Å². The van der Waals surface area contributed by atoms with E-state index < -0.39 is 0 Å². The van der Waals surface area contributed by atoms with Crippen molar-refractivity contribution in [2.45, 2.75) is 19.4 Å². The van der Waals surface area contributed by atoms with Crippen molar-refractivity contribution in [3.05, 3.63) is 59.9 Å². The summed E-state index contributed by atoms with van der Waals surface area (Å²) in [6.45, 7) is 1.93. The third-order valence-corrected chi connectivity index (χ3v) is 5.14. The molecule has 1 amide bonds. The standard InChI is InChI=1S/C21H22FN5O/c22-16-7-5-14(6-8-16)13-24-20-17-3-1-2-4-18(17)25-21(26-20)27-11-9-15(10-12-27)19(23)28/h1-8,15H,9-13H2,(H2,23,28)(H,24,25,26). The van der Waals surface area contributed by atoms with Crippen molar-refractivity contribution in [1.82, 2.24) is 9.97 Å². The number of primary amides is 1. The summed E-state index contributed by atoms with van der Waals surface area (Å²) in [4.78, 5) is 22.9. The number of nitrogens with zero attached hydrogens (tertiary/aromatic N) is 3. The van der Waals surface area contributed by atoms with Gasteiger partial charge >= 0.3 is 0 Å². The third kappa shape index (κ3) is 3.88. The van der Waals surface area contributed by atoms with Crippen molar-refractivity contribution in [1.29, 1.82) is 0 Å². The molecule has 1 fully saturated rings. The van der Waals surface area contributed by atoms with Gasteiger partial charge < -0.3 is 16.0 Å². The number of carbonyl (C=O) groups is 1. The second-order valence-electron chi connectivity index (χ2n) is 7.03. The van der Waals surface area contributed by atoms with Crippen LogP contribution in [0.4, 0.5) is 16.2 Å². The fraction of sp³-hybridized carbons (Fsp3) is 0.286. The average Bonchev–Trinajstić information content (AvgIpc) is 2.73. The van der Waals surface area contributed by atoms with Crippen molar-refractivity contribution >= 4 is 28.6 Å². The van der Waals surface area contributed by atoms with Crippen molar-refractivity contribution in [3.63, 3.8) is 0 Å². The fourth-order valence-electron chi connectivity index (χ4n) is 3.49. The van der Waals surface area contributed by atoms with Gasteiger partial charge in [-0.1, -0.05) is 24.3 Å². The zero-order valence-corrected chi connectivity index (χ0v) is 15.4. The lowest BCUT2D eigenvalue weighted by Gasteiger charge is -2.31. The first-order chi connectivity index (χ1) is 13.6. The summed E-state index contributed by atoms with van der Waals surface area (Å²) in [5.74, 6) is 0.816. The van der Waals surface area contributed by atoms with E-state index in [2.05, 4.69) is 10.2 Å². The summed E-state index contributed by atoms with van der Waals surface area (Å²) in [6, 6.07) is 14.2. The molecule has 3 aromatic rings. The first kappa shape index (κ1) is 18.2. The number of anilines is 2. The Morgan fingerprint density at radius 1 is 1.11 bits per heavy atom. The van der Waals surface area contributed by atoms with E-state index in [-0.39, 0.29) is 17.6 Å². The molecule has 1 aliphatic heterocycles. The molecule has 1 saturated heterocycles. The molecule has 2 heterocycles. The van der Waals surface area contributed by atoms with Crippen LogP contribution < -0.4 is 16.0 Å². The number of carbonyl (C=O) groups excluding carboxylic acids is 1. The number of para-hydroxylation sites is 1. The Labute approximate surface area is 162 Å². The molecule has 0 radical (unpaired) electrons. The minimum absolute atomic E-state index is 0.0761. The van der Waals surface area contributed by atoms with Crippen LogP contribution in [0.5, 0.6) is 0 Å². The van der Waals surface area contributed by atoms with Gasteiger partial charge in [0.05, 0.1) is 5.52 Å². The maximum absolute atomic E-state index is 13.1. The number of amides is 1. The summed E-state index contributed by atoms with van der Waals surface area (Å²) in [5, 5.41) is 4.29. The molecule has 0 atom stereocenters. The van der Waals surface area contributed by atoms with Crippen LogP contribution in [-0.2, 0) is 11.3 Å². The lowest BCUT2D eigenvalue weighted by Crippen LogP contribution is -2.39. The van der Waals surface area contributed by atoms with Gasteiger partial charge in [0, 0.05) is 30.9 Å². The normalized spacial score (nSPS) is 15.0.